The van der Waals surface area contributed by atoms with Gasteiger partial charge in [0.1, 0.15) is 17.3 Å². The quantitative estimate of drug-likeness (QED) is 0.423. The van der Waals surface area contributed by atoms with Crippen LogP contribution in [0.5, 0.6) is 0 Å². The van der Waals surface area contributed by atoms with Crippen LogP contribution in [0.25, 0.3) is 0 Å². The summed E-state index contributed by atoms with van der Waals surface area (Å²) in [6.45, 7) is -0.118. The van der Waals surface area contributed by atoms with Gasteiger partial charge in [-0.1, -0.05) is 30.3 Å². The molecule has 1 saturated heterocycles. The summed E-state index contributed by atoms with van der Waals surface area (Å²) in [5, 5.41) is 41.9. The van der Waals surface area contributed by atoms with Crippen LogP contribution >= 0.6 is 0 Å². The van der Waals surface area contributed by atoms with Crippen LogP contribution in [0.1, 0.15) is 17.4 Å². The molecule has 5 N–H and O–H groups in total. The van der Waals surface area contributed by atoms with Gasteiger partial charge in [0.05, 0.1) is 13.2 Å². The monoisotopic (exact) mass is 378 g/mol. The molecule has 0 aliphatic carbocycles. The van der Waals surface area contributed by atoms with Crippen molar-refractivity contribution in [3.63, 3.8) is 0 Å². The Morgan fingerprint density at radius 3 is 2.41 bits per heavy atom. The third kappa shape index (κ3) is 3.03. The first-order valence-electron chi connectivity index (χ1n) is 8.44. The number of aliphatic hydroxyl groups is 4. The van der Waals surface area contributed by atoms with Crippen LogP contribution in [0.4, 0.5) is 0 Å². The van der Waals surface area contributed by atoms with E-state index in [9.17, 15) is 30.0 Å². The Hall–Kier alpha value is -2.30. The fourth-order valence-electron chi connectivity index (χ4n) is 3.46. The van der Waals surface area contributed by atoms with E-state index in [1.807, 2.05) is 0 Å². The van der Waals surface area contributed by atoms with E-state index in [1.165, 1.54) is 13.1 Å². The van der Waals surface area contributed by atoms with Crippen molar-refractivity contribution in [3.05, 3.63) is 68.5 Å². The van der Waals surface area contributed by atoms with Gasteiger partial charge in [0.2, 0.25) is 0 Å². The molecule has 1 aliphatic heterocycles. The predicted octanol–water partition coefficient (Wildman–Crippen LogP) is -1.57. The molecule has 1 fully saturated rings. The number of aliphatic hydroxyl groups excluding tert-OH is 3. The number of nitrogens with zero attached hydrogens (tertiary/aromatic N) is 1. The van der Waals surface area contributed by atoms with Gasteiger partial charge in [-0.2, -0.15) is 0 Å². The van der Waals surface area contributed by atoms with Crippen molar-refractivity contribution in [2.24, 2.45) is 0 Å². The highest BCUT2D eigenvalue weighted by atomic mass is 16.6. The lowest BCUT2D eigenvalue weighted by molar-refractivity contribution is -0.187. The number of aryl methyl sites for hydroxylation is 1. The zero-order valence-electron chi connectivity index (χ0n) is 14.7. The van der Waals surface area contributed by atoms with Crippen LogP contribution in [0, 0.1) is 6.92 Å². The smallest absolute Gasteiger partial charge is 0.330 e. The number of benzene rings is 1. The third-order valence-electron chi connectivity index (χ3n) is 5.14. The van der Waals surface area contributed by atoms with E-state index in [2.05, 4.69) is 4.98 Å². The average Bonchev–Trinajstić information content (AvgIpc) is 2.87. The Labute approximate surface area is 154 Å². The first-order valence-corrected chi connectivity index (χ1v) is 8.44. The van der Waals surface area contributed by atoms with Crippen LogP contribution in [-0.2, 0) is 11.2 Å². The Bertz CT molecular complexity index is 919. The maximum atomic E-state index is 12.2. The second kappa shape index (κ2) is 7.02. The van der Waals surface area contributed by atoms with Gasteiger partial charge in [0.15, 0.2) is 6.23 Å². The molecule has 0 saturated carbocycles. The molecule has 1 aliphatic rings. The number of hydrogen-bond acceptors (Lipinski definition) is 7. The SMILES string of the molecule is Cc1cn([C@@H]2OC(CO)(CO)[C@@](O)(Cc3ccccc3)[C@H]2O)c(=O)[nH]c1=O. The minimum absolute atomic E-state index is 0.135. The van der Waals surface area contributed by atoms with Crippen LogP contribution in [0.15, 0.2) is 46.1 Å². The van der Waals surface area contributed by atoms with E-state index in [0.717, 1.165) is 4.57 Å². The van der Waals surface area contributed by atoms with Crippen molar-refractivity contribution in [2.75, 3.05) is 13.2 Å². The van der Waals surface area contributed by atoms with E-state index in [4.69, 9.17) is 4.74 Å². The lowest BCUT2D eigenvalue weighted by Gasteiger charge is -2.39. The molecule has 2 heterocycles. The minimum atomic E-state index is -2.09. The van der Waals surface area contributed by atoms with Crippen LogP contribution in [0.3, 0.4) is 0 Å². The number of rotatable bonds is 5. The number of nitrogens with one attached hydrogen (secondary N) is 1. The zero-order valence-corrected chi connectivity index (χ0v) is 14.7. The highest BCUT2D eigenvalue weighted by Crippen LogP contribution is 2.45. The molecule has 0 amide bonds. The van der Waals surface area contributed by atoms with Crippen LogP contribution < -0.4 is 11.2 Å². The molecular formula is C18H22N2O7. The van der Waals surface area contributed by atoms with E-state index in [0.29, 0.717) is 5.56 Å². The van der Waals surface area contributed by atoms with Gasteiger partial charge in [-0.25, -0.2) is 4.79 Å². The maximum absolute atomic E-state index is 12.2. The molecule has 9 heteroatoms. The van der Waals surface area contributed by atoms with E-state index >= 15 is 0 Å². The molecule has 1 aromatic heterocycles. The van der Waals surface area contributed by atoms with E-state index in [1.54, 1.807) is 30.3 Å². The molecule has 3 rings (SSSR count). The average molecular weight is 378 g/mol. The van der Waals surface area contributed by atoms with Crippen molar-refractivity contribution in [2.45, 2.75) is 36.9 Å². The summed E-state index contributed by atoms with van der Waals surface area (Å²) in [5.41, 5.74) is -4.60. The molecular weight excluding hydrogens is 356 g/mol. The summed E-state index contributed by atoms with van der Waals surface area (Å²) in [7, 11) is 0. The van der Waals surface area contributed by atoms with Gasteiger partial charge >= 0.3 is 5.69 Å². The summed E-state index contributed by atoms with van der Waals surface area (Å²) < 4.78 is 6.59. The lowest BCUT2D eigenvalue weighted by Crippen LogP contribution is -2.61. The molecule has 9 nitrogen and oxygen atoms in total. The largest absolute Gasteiger partial charge is 0.393 e. The van der Waals surface area contributed by atoms with Gasteiger partial charge in [-0.05, 0) is 12.5 Å². The second-order valence-electron chi connectivity index (χ2n) is 6.83. The normalized spacial score (nSPS) is 27.0. The molecule has 3 atom stereocenters. The summed E-state index contributed by atoms with van der Waals surface area (Å²) >= 11 is 0. The van der Waals surface area contributed by atoms with E-state index < -0.39 is 48.0 Å². The van der Waals surface area contributed by atoms with Crippen molar-refractivity contribution < 1.29 is 25.2 Å². The Kier molecular flexibility index (Phi) is 5.06. The fourth-order valence-corrected chi connectivity index (χ4v) is 3.46. The second-order valence-corrected chi connectivity index (χ2v) is 6.83. The molecule has 0 unspecified atom stereocenters. The zero-order chi connectivity index (χ0) is 19.8. The van der Waals surface area contributed by atoms with Crippen molar-refractivity contribution in [1.82, 2.24) is 9.55 Å². The highest BCUT2D eigenvalue weighted by Gasteiger charge is 2.65. The summed E-state index contributed by atoms with van der Waals surface area (Å²) in [6.07, 6.45) is -2.02. The number of aromatic nitrogens is 2. The predicted molar refractivity (Wildman–Crippen MR) is 94.2 cm³/mol. The molecule has 27 heavy (non-hydrogen) atoms. The van der Waals surface area contributed by atoms with Gasteiger partial charge in [-0.15, -0.1) is 0 Å². The molecule has 0 spiro atoms. The lowest BCUT2D eigenvalue weighted by atomic mass is 9.77. The molecule has 0 bridgehead atoms. The summed E-state index contributed by atoms with van der Waals surface area (Å²) in [5.74, 6) is 0. The van der Waals surface area contributed by atoms with E-state index in [-0.39, 0.29) is 12.0 Å². The number of H-pyrrole nitrogens is 1. The van der Waals surface area contributed by atoms with Crippen molar-refractivity contribution in [1.29, 1.82) is 0 Å². The first-order chi connectivity index (χ1) is 12.8. The third-order valence-corrected chi connectivity index (χ3v) is 5.14. The molecule has 1 aromatic carbocycles. The Morgan fingerprint density at radius 2 is 1.81 bits per heavy atom. The topological polar surface area (TPSA) is 145 Å². The Balaban J connectivity index is 2.09. The highest BCUT2D eigenvalue weighted by molar-refractivity contribution is 5.23. The van der Waals surface area contributed by atoms with Crippen molar-refractivity contribution in [3.8, 4) is 0 Å². The number of hydrogen-bond donors (Lipinski definition) is 5. The molecule has 0 radical (unpaired) electrons. The van der Waals surface area contributed by atoms with Crippen LogP contribution in [-0.4, -0.2) is 60.5 Å². The Morgan fingerprint density at radius 1 is 1.19 bits per heavy atom. The van der Waals surface area contributed by atoms with Gasteiger partial charge in [-0.3, -0.25) is 14.3 Å². The number of ether oxygens (including phenoxy) is 1. The minimum Gasteiger partial charge on any atom is -0.393 e. The van der Waals surface area contributed by atoms with Gasteiger partial charge in [0, 0.05) is 18.2 Å². The van der Waals surface area contributed by atoms with Crippen molar-refractivity contribution >= 4 is 0 Å². The standard InChI is InChI=1S/C18H22N2O7/c1-11-8-20(16(25)19-14(11)24)15-13(23)18(26,17(9-21,10-22)27-15)7-12-5-3-2-4-6-12/h2-6,8,13,15,21-23,26H,7,9-10H2,1H3,(H,19,24,25)/t13-,15+,18+/m0/s1. The van der Waals surface area contributed by atoms with Gasteiger partial charge < -0.3 is 25.2 Å². The molecule has 2 aromatic rings. The fraction of sp³-hybridized carbons (Fsp3) is 0.444. The molecule has 146 valence electrons. The number of aromatic amines is 1. The van der Waals surface area contributed by atoms with Gasteiger partial charge in [0.25, 0.3) is 5.56 Å². The summed E-state index contributed by atoms with van der Waals surface area (Å²) in [4.78, 5) is 25.9. The first kappa shape index (κ1) is 19.5. The summed E-state index contributed by atoms with van der Waals surface area (Å²) in [6, 6.07) is 8.70. The maximum Gasteiger partial charge on any atom is 0.330 e. The van der Waals surface area contributed by atoms with Crippen LogP contribution in [0.2, 0.25) is 0 Å².